The van der Waals surface area contributed by atoms with E-state index >= 15 is 0 Å². The Labute approximate surface area is 90.7 Å². The molecule has 0 spiro atoms. The Morgan fingerprint density at radius 3 is 2.60 bits per heavy atom. The van der Waals surface area contributed by atoms with Gasteiger partial charge in [-0.2, -0.15) is 0 Å². The maximum atomic E-state index is 13.4. The molecule has 3 heteroatoms. The van der Waals surface area contributed by atoms with Crippen molar-refractivity contribution >= 4 is 0 Å². The van der Waals surface area contributed by atoms with Crippen LogP contribution in [-0.4, -0.2) is 18.6 Å². The van der Waals surface area contributed by atoms with Gasteiger partial charge in [0.15, 0.2) is 0 Å². The van der Waals surface area contributed by atoms with Crippen LogP contribution in [-0.2, 0) is 6.42 Å². The van der Waals surface area contributed by atoms with Crippen molar-refractivity contribution in [2.75, 3.05) is 13.1 Å². The quantitative estimate of drug-likeness (QED) is 0.776. The average molecular weight is 210 g/mol. The summed E-state index contributed by atoms with van der Waals surface area (Å²) in [6.45, 7) is 5.37. The molecule has 15 heavy (non-hydrogen) atoms. The molecule has 0 aromatic heterocycles. The summed E-state index contributed by atoms with van der Waals surface area (Å²) in [5, 5.41) is 3.29. The molecule has 1 aromatic carbocycles. The molecule has 0 radical (unpaired) electrons. The van der Waals surface area contributed by atoms with E-state index in [1.165, 1.54) is 6.07 Å². The zero-order chi connectivity index (χ0) is 11.3. The number of halogens is 1. The summed E-state index contributed by atoms with van der Waals surface area (Å²) in [5.41, 5.74) is 6.20. The number of nitrogens with two attached hydrogens (primary N) is 1. The minimum absolute atomic E-state index is 0.157. The fourth-order valence-electron chi connectivity index (χ4n) is 1.70. The third-order valence-corrected chi connectivity index (χ3v) is 2.59. The first-order valence-electron chi connectivity index (χ1n) is 5.30. The van der Waals surface area contributed by atoms with E-state index in [0.717, 1.165) is 6.54 Å². The SMILES string of the molecule is CCNC(C)(CN)Cc1ccccc1F. The van der Waals surface area contributed by atoms with Crippen LogP contribution in [0.1, 0.15) is 19.4 Å². The van der Waals surface area contributed by atoms with Crippen molar-refractivity contribution in [3.05, 3.63) is 35.6 Å². The summed E-state index contributed by atoms with van der Waals surface area (Å²) in [4.78, 5) is 0. The summed E-state index contributed by atoms with van der Waals surface area (Å²) in [6.07, 6.45) is 0.615. The van der Waals surface area contributed by atoms with Gasteiger partial charge in [-0.3, -0.25) is 0 Å². The van der Waals surface area contributed by atoms with Crippen molar-refractivity contribution in [1.82, 2.24) is 5.32 Å². The minimum atomic E-state index is -0.225. The Balaban J connectivity index is 2.79. The smallest absolute Gasteiger partial charge is 0.126 e. The average Bonchev–Trinajstić information content (AvgIpc) is 2.22. The molecule has 0 aliphatic heterocycles. The highest BCUT2D eigenvalue weighted by atomic mass is 19.1. The van der Waals surface area contributed by atoms with Crippen molar-refractivity contribution < 1.29 is 4.39 Å². The Kier molecular flexibility index (Phi) is 4.24. The first-order valence-corrected chi connectivity index (χ1v) is 5.30. The zero-order valence-corrected chi connectivity index (χ0v) is 9.39. The van der Waals surface area contributed by atoms with Gasteiger partial charge < -0.3 is 11.1 Å². The second-order valence-corrected chi connectivity index (χ2v) is 4.06. The van der Waals surface area contributed by atoms with Gasteiger partial charge in [-0.15, -0.1) is 0 Å². The topological polar surface area (TPSA) is 38.0 Å². The van der Waals surface area contributed by atoms with Gasteiger partial charge >= 0.3 is 0 Å². The van der Waals surface area contributed by atoms with Gasteiger partial charge in [-0.05, 0) is 31.5 Å². The van der Waals surface area contributed by atoms with E-state index in [1.807, 2.05) is 19.9 Å². The van der Waals surface area contributed by atoms with Crippen molar-refractivity contribution in [2.45, 2.75) is 25.8 Å². The highest BCUT2D eigenvalue weighted by Gasteiger charge is 2.22. The van der Waals surface area contributed by atoms with Crippen molar-refractivity contribution in [1.29, 1.82) is 0 Å². The van der Waals surface area contributed by atoms with Gasteiger partial charge in [-0.25, -0.2) is 4.39 Å². The first kappa shape index (κ1) is 12.1. The number of nitrogens with one attached hydrogen (secondary N) is 1. The van der Waals surface area contributed by atoms with Crippen LogP contribution in [0.4, 0.5) is 4.39 Å². The molecule has 0 aliphatic carbocycles. The molecule has 0 aliphatic rings. The van der Waals surface area contributed by atoms with Crippen LogP contribution >= 0.6 is 0 Å². The van der Waals surface area contributed by atoms with E-state index < -0.39 is 0 Å². The highest BCUT2D eigenvalue weighted by molar-refractivity contribution is 5.20. The number of hydrogen-bond acceptors (Lipinski definition) is 2. The fraction of sp³-hybridized carbons (Fsp3) is 0.500. The Bertz CT molecular complexity index is 314. The summed E-state index contributed by atoms with van der Waals surface area (Å²) < 4.78 is 13.4. The predicted molar refractivity (Wildman–Crippen MR) is 61.2 cm³/mol. The van der Waals surface area contributed by atoms with E-state index in [-0.39, 0.29) is 11.4 Å². The predicted octanol–water partition coefficient (Wildman–Crippen LogP) is 1.70. The summed E-state index contributed by atoms with van der Waals surface area (Å²) in [5.74, 6) is -0.157. The maximum Gasteiger partial charge on any atom is 0.126 e. The molecule has 0 bridgehead atoms. The number of rotatable bonds is 5. The third-order valence-electron chi connectivity index (χ3n) is 2.59. The van der Waals surface area contributed by atoms with Crippen LogP contribution in [0, 0.1) is 5.82 Å². The molecule has 0 saturated carbocycles. The minimum Gasteiger partial charge on any atom is -0.329 e. The Morgan fingerprint density at radius 1 is 1.40 bits per heavy atom. The van der Waals surface area contributed by atoms with Crippen LogP contribution in [0.5, 0.6) is 0 Å². The molecule has 0 saturated heterocycles. The van der Waals surface area contributed by atoms with Crippen LogP contribution in [0.3, 0.4) is 0 Å². The second-order valence-electron chi connectivity index (χ2n) is 4.06. The normalized spacial score (nSPS) is 14.9. The lowest BCUT2D eigenvalue weighted by atomic mass is 9.92. The number of likely N-dealkylation sites (N-methyl/N-ethyl adjacent to an activating group) is 1. The van der Waals surface area contributed by atoms with Gasteiger partial charge in [0.05, 0.1) is 0 Å². The van der Waals surface area contributed by atoms with E-state index in [4.69, 9.17) is 5.73 Å². The molecule has 84 valence electrons. The van der Waals surface area contributed by atoms with Crippen LogP contribution in [0.15, 0.2) is 24.3 Å². The molecule has 1 aromatic rings. The Morgan fingerprint density at radius 2 is 2.07 bits per heavy atom. The maximum absolute atomic E-state index is 13.4. The summed E-state index contributed by atoms with van der Waals surface area (Å²) in [6, 6.07) is 6.84. The fourth-order valence-corrected chi connectivity index (χ4v) is 1.70. The summed E-state index contributed by atoms with van der Waals surface area (Å²) in [7, 11) is 0. The standard InChI is InChI=1S/C12H19FN2/c1-3-15-12(2,9-14)8-10-6-4-5-7-11(10)13/h4-7,15H,3,8-9,14H2,1-2H3. The molecular weight excluding hydrogens is 191 g/mol. The van der Waals surface area contributed by atoms with Crippen LogP contribution in [0.25, 0.3) is 0 Å². The van der Waals surface area contributed by atoms with Crippen LogP contribution in [0.2, 0.25) is 0 Å². The lowest BCUT2D eigenvalue weighted by Gasteiger charge is -2.29. The molecule has 1 atom stereocenters. The van der Waals surface area contributed by atoms with Gasteiger partial charge in [-0.1, -0.05) is 25.1 Å². The van der Waals surface area contributed by atoms with Gasteiger partial charge in [0.25, 0.3) is 0 Å². The monoisotopic (exact) mass is 210 g/mol. The molecule has 1 rings (SSSR count). The van der Waals surface area contributed by atoms with E-state index in [9.17, 15) is 4.39 Å². The van der Waals surface area contributed by atoms with E-state index in [2.05, 4.69) is 5.32 Å². The zero-order valence-electron chi connectivity index (χ0n) is 9.39. The molecule has 0 fully saturated rings. The van der Waals surface area contributed by atoms with Gasteiger partial charge in [0.2, 0.25) is 0 Å². The van der Waals surface area contributed by atoms with Gasteiger partial charge in [0, 0.05) is 12.1 Å². The molecule has 0 amide bonds. The number of hydrogen-bond donors (Lipinski definition) is 2. The largest absolute Gasteiger partial charge is 0.329 e. The molecule has 3 N–H and O–H groups in total. The second kappa shape index (κ2) is 5.24. The third kappa shape index (κ3) is 3.29. The van der Waals surface area contributed by atoms with Gasteiger partial charge in [0.1, 0.15) is 5.82 Å². The Hall–Kier alpha value is -0.930. The van der Waals surface area contributed by atoms with E-state index in [1.54, 1.807) is 12.1 Å². The number of benzene rings is 1. The molecule has 0 heterocycles. The molecule has 1 unspecified atom stereocenters. The van der Waals surface area contributed by atoms with Crippen molar-refractivity contribution in [3.8, 4) is 0 Å². The lowest BCUT2D eigenvalue weighted by molar-refractivity contribution is 0.365. The lowest BCUT2D eigenvalue weighted by Crippen LogP contribution is -2.50. The van der Waals surface area contributed by atoms with E-state index in [0.29, 0.717) is 18.5 Å². The summed E-state index contributed by atoms with van der Waals surface area (Å²) >= 11 is 0. The highest BCUT2D eigenvalue weighted by Crippen LogP contribution is 2.15. The van der Waals surface area contributed by atoms with Crippen molar-refractivity contribution in [2.24, 2.45) is 5.73 Å². The molecular formula is C12H19FN2. The van der Waals surface area contributed by atoms with Crippen molar-refractivity contribution in [3.63, 3.8) is 0 Å². The first-order chi connectivity index (χ1) is 7.11. The van der Waals surface area contributed by atoms with Crippen LogP contribution < -0.4 is 11.1 Å². The molecule has 2 nitrogen and oxygen atoms in total.